The molecule has 1 aliphatic carbocycles. The second kappa shape index (κ2) is 6.50. The number of rotatable bonds is 6. The summed E-state index contributed by atoms with van der Waals surface area (Å²) >= 11 is 0. The van der Waals surface area contributed by atoms with Crippen LogP contribution in [-0.2, 0) is 4.74 Å². The van der Waals surface area contributed by atoms with E-state index in [0.717, 1.165) is 31.6 Å². The van der Waals surface area contributed by atoms with Crippen LogP contribution in [-0.4, -0.2) is 32.2 Å². The van der Waals surface area contributed by atoms with Crippen LogP contribution in [0.4, 0.5) is 8.78 Å². The monoisotopic (exact) mass is 235 g/mol. The largest absolute Gasteiger partial charge is 0.368 e. The van der Waals surface area contributed by atoms with E-state index in [4.69, 9.17) is 4.74 Å². The minimum absolute atomic E-state index is 0.350. The Morgan fingerprint density at radius 3 is 2.44 bits per heavy atom. The van der Waals surface area contributed by atoms with Gasteiger partial charge in [-0.3, -0.25) is 0 Å². The van der Waals surface area contributed by atoms with Crippen molar-refractivity contribution in [1.82, 2.24) is 5.32 Å². The van der Waals surface area contributed by atoms with E-state index < -0.39 is 13.0 Å². The van der Waals surface area contributed by atoms with Crippen LogP contribution in [0.3, 0.4) is 0 Å². The lowest BCUT2D eigenvalue weighted by Crippen LogP contribution is -2.45. The van der Waals surface area contributed by atoms with Gasteiger partial charge in [-0.15, -0.1) is 0 Å². The SMILES string of the molecule is CCC1CCC(CNC)(OCC(F)F)CC1. The number of hydrogen-bond acceptors (Lipinski definition) is 2. The summed E-state index contributed by atoms with van der Waals surface area (Å²) in [5.41, 5.74) is -0.350. The molecule has 0 radical (unpaired) electrons. The van der Waals surface area contributed by atoms with Crippen molar-refractivity contribution in [3.63, 3.8) is 0 Å². The average molecular weight is 235 g/mol. The molecule has 96 valence electrons. The number of hydrogen-bond donors (Lipinski definition) is 1. The molecule has 1 fully saturated rings. The van der Waals surface area contributed by atoms with Gasteiger partial charge < -0.3 is 10.1 Å². The van der Waals surface area contributed by atoms with Gasteiger partial charge in [0.2, 0.25) is 0 Å². The number of alkyl halides is 2. The van der Waals surface area contributed by atoms with Crippen LogP contribution in [0.1, 0.15) is 39.0 Å². The molecule has 0 aromatic heterocycles. The van der Waals surface area contributed by atoms with E-state index in [1.165, 1.54) is 6.42 Å². The smallest absolute Gasteiger partial charge is 0.261 e. The van der Waals surface area contributed by atoms with Crippen LogP contribution in [0, 0.1) is 5.92 Å². The van der Waals surface area contributed by atoms with Crippen molar-refractivity contribution in [2.75, 3.05) is 20.2 Å². The normalized spacial score (nSPS) is 30.9. The van der Waals surface area contributed by atoms with Gasteiger partial charge in [-0.25, -0.2) is 8.78 Å². The van der Waals surface area contributed by atoms with Gasteiger partial charge in [0.25, 0.3) is 6.43 Å². The standard InChI is InChI=1S/C12H23F2NO/c1-3-10-4-6-12(7-5-10,9-15-2)16-8-11(13)14/h10-11,15H,3-9H2,1-2H3. The molecule has 1 N–H and O–H groups in total. The Labute approximate surface area is 96.7 Å². The van der Waals surface area contributed by atoms with Crippen molar-refractivity contribution in [2.24, 2.45) is 5.92 Å². The lowest BCUT2D eigenvalue weighted by Gasteiger charge is -2.40. The molecule has 16 heavy (non-hydrogen) atoms. The summed E-state index contributed by atoms with van der Waals surface area (Å²) in [7, 11) is 1.85. The molecule has 1 saturated carbocycles. The Hall–Kier alpha value is -0.220. The van der Waals surface area contributed by atoms with E-state index in [2.05, 4.69) is 12.2 Å². The molecule has 2 nitrogen and oxygen atoms in total. The highest BCUT2D eigenvalue weighted by Gasteiger charge is 2.35. The molecule has 0 heterocycles. The van der Waals surface area contributed by atoms with Gasteiger partial charge in [0, 0.05) is 6.54 Å². The first-order chi connectivity index (χ1) is 7.62. The minimum Gasteiger partial charge on any atom is -0.368 e. The summed E-state index contributed by atoms with van der Waals surface area (Å²) < 4.78 is 29.8. The summed E-state index contributed by atoms with van der Waals surface area (Å²) in [6.45, 7) is 2.43. The minimum atomic E-state index is -2.36. The van der Waals surface area contributed by atoms with E-state index in [0.29, 0.717) is 6.54 Å². The summed E-state index contributed by atoms with van der Waals surface area (Å²) in [6.07, 6.45) is 2.82. The highest BCUT2D eigenvalue weighted by molar-refractivity contribution is 4.88. The van der Waals surface area contributed by atoms with E-state index in [9.17, 15) is 8.78 Å². The molecule has 4 heteroatoms. The summed E-state index contributed by atoms with van der Waals surface area (Å²) in [6, 6.07) is 0. The molecule has 0 aromatic rings. The fraction of sp³-hybridized carbons (Fsp3) is 1.00. The van der Waals surface area contributed by atoms with Crippen molar-refractivity contribution in [1.29, 1.82) is 0 Å². The first-order valence-electron chi connectivity index (χ1n) is 6.18. The second-order valence-corrected chi connectivity index (χ2v) is 4.77. The van der Waals surface area contributed by atoms with Gasteiger partial charge in [0.1, 0.15) is 6.61 Å². The van der Waals surface area contributed by atoms with E-state index >= 15 is 0 Å². The maximum absolute atomic E-state index is 12.2. The number of nitrogens with one attached hydrogen (secondary N) is 1. The Morgan fingerprint density at radius 2 is 2.00 bits per heavy atom. The quantitative estimate of drug-likeness (QED) is 0.764. The zero-order chi connectivity index (χ0) is 12.0. The fourth-order valence-corrected chi connectivity index (χ4v) is 2.55. The topological polar surface area (TPSA) is 21.3 Å². The second-order valence-electron chi connectivity index (χ2n) is 4.77. The third kappa shape index (κ3) is 3.98. The zero-order valence-electron chi connectivity index (χ0n) is 10.3. The number of ether oxygens (including phenoxy) is 1. The van der Waals surface area contributed by atoms with Crippen molar-refractivity contribution < 1.29 is 13.5 Å². The molecule has 1 rings (SSSR count). The van der Waals surface area contributed by atoms with Crippen LogP contribution in [0.2, 0.25) is 0 Å². The van der Waals surface area contributed by atoms with Crippen LogP contribution < -0.4 is 5.32 Å². The van der Waals surface area contributed by atoms with E-state index in [-0.39, 0.29) is 5.60 Å². The molecular weight excluding hydrogens is 212 g/mol. The predicted molar refractivity (Wildman–Crippen MR) is 60.9 cm³/mol. The van der Waals surface area contributed by atoms with Crippen molar-refractivity contribution in [3.05, 3.63) is 0 Å². The highest BCUT2D eigenvalue weighted by atomic mass is 19.3. The first-order valence-corrected chi connectivity index (χ1v) is 6.18. The first kappa shape index (κ1) is 13.8. The maximum atomic E-state index is 12.2. The molecule has 0 aliphatic heterocycles. The van der Waals surface area contributed by atoms with Crippen molar-refractivity contribution >= 4 is 0 Å². The Balaban J connectivity index is 2.46. The number of likely N-dealkylation sites (N-methyl/N-ethyl adjacent to an activating group) is 1. The Morgan fingerprint density at radius 1 is 1.38 bits per heavy atom. The van der Waals surface area contributed by atoms with Gasteiger partial charge in [-0.2, -0.15) is 0 Å². The molecule has 0 atom stereocenters. The molecule has 0 bridgehead atoms. The summed E-state index contributed by atoms with van der Waals surface area (Å²) in [4.78, 5) is 0. The van der Waals surface area contributed by atoms with E-state index in [1.54, 1.807) is 0 Å². The lowest BCUT2D eigenvalue weighted by atomic mass is 9.77. The van der Waals surface area contributed by atoms with Crippen molar-refractivity contribution in [3.8, 4) is 0 Å². The third-order valence-corrected chi connectivity index (χ3v) is 3.61. The Bertz CT molecular complexity index is 191. The van der Waals surface area contributed by atoms with Crippen LogP contribution in [0.15, 0.2) is 0 Å². The van der Waals surface area contributed by atoms with Gasteiger partial charge >= 0.3 is 0 Å². The van der Waals surface area contributed by atoms with Crippen LogP contribution in [0.5, 0.6) is 0 Å². The maximum Gasteiger partial charge on any atom is 0.261 e. The zero-order valence-corrected chi connectivity index (χ0v) is 10.3. The molecule has 0 amide bonds. The van der Waals surface area contributed by atoms with Gasteiger partial charge in [0.15, 0.2) is 0 Å². The van der Waals surface area contributed by atoms with Crippen LogP contribution in [0.25, 0.3) is 0 Å². The van der Waals surface area contributed by atoms with Crippen LogP contribution >= 0.6 is 0 Å². The highest BCUT2D eigenvalue weighted by Crippen LogP contribution is 2.36. The molecular formula is C12H23F2NO. The molecule has 0 aromatic carbocycles. The Kier molecular flexibility index (Phi) is 5.62. The summed E-state index contributed by atoms with van der Waals surface area (Å²) in [5, 5.41) is 3.06. The molecule has 0 unspecified atom stereocenters. The van der Waals surface area contributed by atoms with Crippen molar-refractivity contribution in [2.45, 2.75) is 51.1 Å². The van der Waals surface area contributed by atoms with E-state index in [1.807, 2.05) is 7.05 Å². The molecule has 1 aliphatic rings. The summed E-state index contributed by atoms with van der Waals surface area (Å²) in [5.74, 6) is 0.750. The predicted octanol–water partition coefficient (Wildman–Crippen LogP) is 2.83. The van der Waals surface area contributed by atoms with Gasteiger partial charge in [0.05, 0.1) is 5.60 Å². The average Bonchev–Trinajstić information content (AvgIpc) is 2.28. The number of halogens is 2. The fourth-order valence-electron chi connectivity index (χ4n) is 2.55. The van der Waals surface area contributed by atoms with Gasteiger partial charge in [-0.1, -0.05) is 13.3 Å². The lowest BCUT2D eigenvalue weighted by molar-refractivity contribution is -0.110. The molecule has 0 saturated heterocycles. The van der Waals surface area contributed by atoms with Gasteiger partial charge in [-0.05, 0) is 38.6 Å². The molecule has 0 spiro atoms. The third-order valence-electron chi connectivity index (χ3n) is 3.61.